The SMILES string of the molecule is CN=C(NCCCOCCOC)NCc1cccc(NC(=O)C2CCCCC2)c1. The van der Waals surface area contributed by atoms with E-state index in [-0.39, 0.29) is 11.8 Å². The molecule has 0 spiro atoms. The molecule has 1 aromatic carbocycles. The fourth-order valence-corrected chi connectivity index (χ4v) is 3.40. The van der Waals surface area contributed by atoms with Crippen LogP contribution in [0.25, 0.3) is 0 Å². The lowest BCUT2D eigenvalue weighted by Gasteiger charge is -2.21. The summed E-state index contributed by atoms with van der Waals surface area (Å²) in [5, 5.41) is 9.67. The fourth-order valence-electron chi connectivity index (χ4n) is 3.40. The molecule has 0 heterocycles. The minimum absolute atomic E-state index is 0.153. The first-order valence-electron chi connectivity index (χ1n) is 10.6. The van der Waals surface area contributed by atoms with Crippen LogP contribution < -0.4 is 16.0 Å². The molecule has 0 atom stereocenters. The highest BCUT2D eigenvalue weighted by Crippen LogP contribution is 2.25. The van der Waals surface area contributed by atoms with Crippen LogP contribution in [0.2, 0.25) is 0 Å². The van der Waals surface area contributed by atoms with Crippen molar-refractivity contribution in [2.24, 2.45) is 10.9 Å². The Morgan fingerprint density at radius 2 is 1.97 bits per heavy atom. The van der Waals surface area contributed by atoms with Gasteiger partial charge >= 0.3 is 0 Å². The van der Waals surface area contributed by atoms with Crippen molar-refractivity contribution < 1.29 is 14.3 Å². The zero-order valence-electron chi connectivity index (χ0n) is 17.8. The molecule has 0 radical (unpaired) electrons. The third-order valence-electron chi connectivity index (χ3n) is 5.04. The molecule has 29 heavy (non-hydrogen) atoms. The van der Waals surface area contributed by atoms with Gasteiger partial charge in [0.2, 0.25) is 5.91 Å². The summed E-state index contributed by atoms with van der Waals surface area (Å²) >= 11 is 0. The minimum atomic E-state index is 0.153. The maximum Gasteiger partial charge on any atom is 0.227 e. The van der Waals surface area contributed by atoms with E-state index in [1.54, 1.807) is 14.2 Å². The molecule has 3 N–H and O–H groups in total. The van der Waals surface area contributed by atoms with E-state index < -0.39 is 0 Å². The molecule has 0 aromatic heterocycles. The average Bonchev–Trinajstić information content (AvgIpc) is 2.76. The van der Waals surface area contributed by atoms with Gasteiger partial charge in [-0.15, -0.1) is 0 Å². The molecular formula is C22H36N4O3. The van der Waals surface area contributed by atoms with E-state index >= 15 is 0 Å². The van der Waals surface area contributed by atoms with Crippen LogP contribution in [0.1, 0.15) is 44.1 Å². The van der Waals surface area contributed by atoms with Crippen LogP contribution in [-0.2, 0) is 20.8 Å². The second-order valence-electron chi connectivity index (χ2n) is 7.34. The van der Waals surface area contributed by atoms with Gasteiger partial charge in [0.15, 0.2) is 5.96 Å². The molecule has 2 rings (SSSR count). The molecule has 1 aromatic rings. The topological polar surface area (TPSA) is 84.0 Å². The Labute approximate surface area is 174 Å². The summed E-state index contributed by atoms with van der Waals surface area (Å²) in [7, 11) is 3.42. The highest BCUT2D eigenvalue weighted by molar-refractivity contribution is 5.92. The number of carbonyl (C=O) groups is 1. The van der Waals surface area contributed by atoms with E-state index in [1.165, 1.54) is 6.42 Å². The Balaban J connectivity index is 1.70. The lowest BCUT2D eigenvalue weighted by molar-refractivity contribution is -0.120. The van der Waals surface area contributed by atoms with E-state index in [9.17, 15) is 4.79 Å². The predicted octanol–water partition coefficient (Wildman–Crippen LogP) is 2.92. The van der Waals surface area contributed by atoms with Crippen molar-refractivity contribution in [3.05, 3.63) is 29.8 Å². The number of benzene rings is 1. The summed E-state index contributed by atoms with van der Waals surface area (Å²) < 4.78 is 10.4. The normalized spacial score (nSPS) is 15.2. The average molecular weight is 405 g/mol. The van der Waals surface area contributed by atoms with Crippen LogP contribution in [0.3, 0.4) is 0 Å². The number of ether oxygens (including phenoxy) is 2. The summed E-state index contributed by atoms with van der Waals surface area (Å²) in [5.74, 6) is 1.06. The van der Waals surface area contributed by atoms with Gasteiger partial charge in [0.25, 0.3) is 0 Å². The predicted molar refractivity (Wildman–Crippen MR) is 117 cm³/mol. The molecule has 0 aliphatic heterocycles. The number of anilines is 1. The van der Waals surface area contributed by atoms with E-state index in [4.69, 9.17) is 9.47 Å². The second kappa shape index (κ2) is 14.0. The van der Waals surface area contributed by atoms with Gasteiger partial charge in [0.1, 0.15) is 0 Å². The number of nitrogens with zero attached hydrogens (tertiary/aromatic N) is 1. The third-order valence-corrected chi connectivity index (χ3v) is 5.04. The number of guanidine groups is 1. The number of hydrogen-bond acceptors (Lipinski definition) is 4. The molecule has 1 aliphatic rings. The first kappa shape index (κ1) is 23.2. The van der Waals surface area contributed by atoms with Crippen LogP contribution in [-0.4, -0.2) is 52.4 Å². The van der Waals surface area contributed by atoms with E-state index in [0.29, 0.717) is 26.4 Å². The summed E-state index contributed by atoms with van der Waals surface area (Å²) in [6, 6.07) is 7.98. The fraction of sp³-hybridized carbons (Fsp3) is 0.636. The Bertz CT molecular complexity index is 630. The summed E-state index contributed by atoms with van der Waals surface area (Å²) in [5.41, 5.74) is 1.95. The smallest absolute Gasteiger partial charge is 0.227 e. The standard InChI is InChI=1S/C22H36N4O3/c1-23-22(24-12-7-13-29-15-14-28-2)25-17-18-8-6-11-20(16-18)26-21(27)19-9-4-3-5-10-19/h6,8,11,16,19H,3-5,7,9-10,12-15,17H2,1-2H3,(H,26,27)(H2,23,24,25). The monoisotopic (exact) mass is 404 g/mol. The van der Waals surface area contributed by atoms with Gasteiger partial charge in [-0.05, 0) is 37.0 Å². The molecule has 1 amide bonds. The summed E-state index contributed by atoms with van der Waals surface area (Å²) in [6.45, 7) is 3.35. The van der Waals surface area contributed by atoms with Crippen LogP contribution in [0.4, 0.5) is 5.69 Å². The lowest BCUT2D eigenvalue weighted by Crippen LogP contribution is -2.37. The highest BCUT2D eigenvalue weighted by atomic mass is 16.5. The molecule has 1 aliphatic carbocycles. The number of methoxy groups -OCH3 is 1. The van der Waals surface area contributed by atoms with Crippen LogP contribution in [0, 0.1) is 5.92 Å². The maximum absolute atomic E-state index is 12.4. The Morgan fingerprint density at radius 3 is 2.72 bits per heavy atom. The van der Waals surface area contributed by atoms with Crippen LogP contribution >= 0.6 is 0 Å². The van der Waals surface area contributed by atoms with Gasteiger partial charge in [-0.1, -0.05) is 31.4 Å². The van der Waals surface area contributed by atoms with Gasteiger partial charge in [-0.3, -0.25) is 9.79 Å². The van der Waals surface area contributed by atoms with Gasteiger partial charge < -0.3 is 25.4 Å². The Morgan fingerprint density at radius 1 is 1.14 bits per heavy atom. The van der Waals surface area contributed by atoms with Gasteiger partial charge in [-0.25, -0.2) is 0 Å². The number of carbonyl (C=O) groups excluding carboxylic acids is 1. The molecule has 0 saturated heterocycles. The molecule has 1 saturated carbocycles. The first-order valence-corrected chi connectivity index (χ1v) is 10.6. The van der Waals surface area contributed by atoms with Gasteiger partial charge in [0, 0.05) is 45.5 Å². The van der Waals surface area contributed by atoms with Gasteiger partial charge in [-0.2, -0.15) is 0 Å². The number of amides is 1. The summed E-state index contributed by atoms with van der Waals surface area (Å²) in [6.07, 6.45) is 6.48. The quantitative estimate of drug-likeness (QED) is 0.300. The number of rotatable bonds is 11. The maximum atomic E-state index is 12.4. The van der Waals surface area contributed by atoms with E-state index in [1.807, 2.05) is 24.3 Å². The Kier molecular flexibility index (Phi) is 11.1. The zero-order chi connectivity index (χ0) is 20.7. The second-order valence-corrected chi connectivity index (χ2v) is 7.34. The summed E-state index contributed by atoms with van der Waals surface area (Å²) in [4.78, 5) is 16.7. The molecule has 0 bridgehead atoms. The van der Waals surface area contributed by atoms with Crippen molar-refractivity contribution in [1.82, 2.24) is 10.6 Å². The van der Waals surface area contributed by atoms with Crippen molar-refractivity contribution in [3.8, 4) is 0 Å². The molecule has 1 fully saturated rings. The van der Waals surface area contributed by atoms with Crippen molar-refractivity contribution >= 4 is 17.6 Å². The number of aliphatic imine (C=N–C) groups is 1. The zero-order valence-corrected chi connectivity index (χ0v) is 17.8. The van der Waals surface area contributed by atoms with E-state index in [0.717, 1.165) is 55.9 Å². The number of hydrogen-bond donors (Lipinski definition) is 3. The molecular weight excluding hydrogens is 368 g/mol. The van der Waals surface area contributed by atoms with Crippen LogP contribution in [0.5, 0.6) is 0 Å². The largest absolute Gasteiger partial charge is 0.382 e. The number of nitrogens with one attached hydrogen (secondary N) is 3. The first-order chi connectivity index (χ1) is 14.2. The van der Waals surface area contributed by atoms with Crippen molar-refractivity contribution in [1.29, 1.82) is 0 Å². The molecule has 7 heteroatoms. The van der Waals surface area contributed by atoms with E-state index in [2.05, 4.69) is 20.9 Å². The minimum Gasteiger partial charge on any atom is -0.382 e. The molecule has 0 unspecified atom stereocenters. The highest BCUT2D eigenvalue weighted by Gasteiger charge is 2.20. The van der Waals surface area contributed by atoms with Crippen molar-refractivity contribution in [3.63, 3.8) is 0 Å². The Hall–Kier alpha value is -2.12. The van der Waals surface area contributed by atoms with Crippen molar-refractivity contribution in [2.45, 2.75) is 45.1 Å². The molecule has 7 nitrogen and oxygen atoms in total. The van der Waals surface area contributed by atoms with Crippen molar-refractivity contribution in [2.75, 3.05) is 45.8 Å². The van der Waals surface area contributed by atoms with Crippen LogP contribution in [0.15, 0.2) is 29.3 Å². The lowest BCUT2D eigenvalue weighted by atomic mass is 9.88. The third kappa shape index (κ3) is 9.28. The molecule has 162 valence electrons. The van der Waals surface area contributed by atoms with Gasteiger partial charge in [0.05, 0.1) is 13.2 Å².